The van der Waals surface area contributed by atoms with Crippen LogP contribution in [0, 0.1) is 10.1 Å². The molecular formula is C8H7N2O3-. The van der Waals surface area contributed by atoms with E-state index in [1.54, 1.807) is 30.3 Å². The van der Waals surface area contributed by atoms with Crippen molar-refractivity contribution < 1.29 is 9.83 Å². The third-order valence-corrected chi connectivity index (χ3v) is 1.43. The molecule has 0 unspecified atom stereocenters. The predicted octanol–water partition coefficient (Wildman–Crippen LogP) is 1.43. The molecule has 0 aromatic heterocycles. The van der Waals surface area contributed by atoms with Crippen molar-refractivity contribution in [2.75, 3.05) is 6.54 Å². The van der Waals surface area contributed by atoms with Crippen LogP contribution in [-0.4, -0.2) is 17.4 Å². The Labute approximate surface area is 74.5 Å². The van der Waals surface area contributed by atoms with Crippen LogP contribution in [0.2, 0.25) is 0 Å². The summed E-state index contributed by atoms with van der Waals surface area (Å²) in [5, 5.41) is 8.96. The van der Waals surface area contributed by atoms with E-state index in [1.807, 2.05) is 0 Å². The highest BCUT2D eigenvalue weighted by molar-refractivity contribution is 5.98. The highest BCUT2D eigenvalue weighted by atomic mass is 16.7. The maximum Gasteiger partial charge on any atom is 0.149 e. The van der Waals surface area contributed by atoms with Gasteiger partial charge in [0.15, 0.2) is 0 Å². The van der Waals surface area contributed by atoms with Crippen molar-refractivity contribution in [1.82, 2.24) is 0 Å². The first-order chi connectivity index (χ1) is 6.20. The molecule has 0 saturated heterocycles. The number of Topliss-reactive ketones (excluding diaryl/α,β-unsaturated/α-hetero) is 1. The van der Waals surface area contributed by atoms with Gasteiger partial charge in [-0.3, -0.25) is 14.9 Å². The van der Waals surface area contributed by atoms with Crippen LogP contribution in [-0.2, 0) is 0 Å². The van der Waals surface area contributed by atoms with Gasteiger partial charge in [-0.15, -0.1) is 0 Å². The zero-order chi connectivity index (χ0) is 9.68. The molecule has 0 atom stereocenters. The van der Waals surface area contributed by atoms with Crippen LogP contribution < -0.4 is 0 Å². The molecule has 1 aromatic rings. The zero-order valence-corrected chi connectivity index (χ0v) is 6.71. The van der Waals surface area contributed by atoms with Crippen LogP contribution in [0.1, 0.15) is 10.4 Å². The Morgan fingerprint density at radius 3 is 2.54 bits per heavy atom. The minimum atomic E-state index is -0.860. The fourth-order valence-electron chi connectivity index (χ4n) is 0.837. The van der Waals surface area contributed by atoms with Gasteiger partial charge < -0.3 is 5.43 Å². The largest absolute Gasteiger partial charge is 0.371 e. The molecule has 68 valence electrons. The van der Waals surface area contributed by atoms with Crippen LogP contribution in [0.5, 0.6) is 0 Å². The van der Waals surface area contributed by atoms with Gasteiger partial charge in [0.2, 0.25) is 0 Å². The monoisotopic (exact) mass is 179 g/mol. The molecule has 0 heterocycles. The summed E-state index contributed by atoms with van der Waals surface area (Å²) in [7, 11) is 0. The molecule has 5 heteroatoms. The first kappa shape index (κ1) is 9.18. The molecule has 0 bridgehead atoms. The number of nitrogens with zero attached hydrogens (tertiary/aromatic N) is 2. The fourth-order valence-corrected chi connectivity index (χ4v) is 0.837. The highest BCUT2D eigenvalue weighted by Crippen LogP contribution is 2.01. The average Bonchev–Trinajstić information content (AvgIpc) is 2.15. The van der Waals surface area contributed by atoms with Crippen molar-refractivity contribution in [3.05, 3.63) is 51.4 Å². The number of hydrogen-bond acceptors (Lipinski definition) is 3. The van der Waals surface area contributed by atoms with Crippen molar-refractivity contribution in [3.63, 3.8) is 0 Å². The first-order valence-corrected chi connectivity index (χ1v) is 3.60. The maximum atomic E-state index is 11.2. The summed E-state index contributed by atoms with van der Waals surface area (Å²) in [6.45, 7) is -0.406. The number of ketones is 1. The minimum absolute atomic E-state index is 0.350. The second kappa shape index (κ2) is 4.20. The molecule has 0 amide bonds. The van der Waals surface area contributed by atoms with E-state index in [0.717, 1.165) is 0 Å². The number of benzene rings is 1. The van der Waals surface area contributed by atoms with E-state index in [4.69, 9.17) is 0 Å². The van der Waals surface area contributed by atoms with Gasteiger partial charge >= 0.3 is 0 Å². The van der Waals surface area contributed by atoms with Gasteiger partial charge in [-0.2, -0.15) is 0 Å². The van der Waals surface area contributed by atoms with Crippen LogP contribution in [0.15, 0.2) is 30.3 Å². The van der Waals surface area contributed by atoms with Crippen molar-refractivity contribution >= 4 is 5.78 Å². The lowest BCUT2D eigenvalue weighted by atomic mass is 10.1. The van der Waals surface area contributed by atoms with E-state index in [-0.39, 0.29) is 5.78 Å². The molecule has 0 spiro atoms. The Bertz CT molecular complexity index is 310. The third-order valence-electron chi connectivity index (χ3n) is 1.43. The summed E-state index contributed by atoms with van der Waals surface area (Å²) in [6.07, 6.45) is 0. The molecule has 0 aliphatic rings. The van der Waals surface area contributed by atoms with E-state index in [2.05, 4.69) is 5.43 Å². The Kier molecular flexibility index (Phi) is 2.97. The van der Waals surface area contributed by atoms with Crippen molar-refractivity contribution in [3.8, 4) is 0 Å². The summed E-state index contributed by atoms with van der Waals surface area (Å²) in [5.41, 5.74) is 3.31. The van der Waals surface area contributed by atoms with E-state index in [1.165, 1.54) is 0 Å². The number of carbonyl (C=O) groups is 1. The quantitative estimate of drug-likeness (QED) is 0.398. The SMILES string of the molecule is O=C(C[N-][N+](=O)[O-])c1ccccc1. The number of hydrogen-bond donors (Lipinski definition) is 0. The first-order valence-electron chi connectivity index (χ1n) is 3.60. The molecular weight excluding hydrogens is 172 g/mol. The standard InChI is InChI=1S/C8H7N2O3/c11-8(6-9-10(12)13)7-4-2-1-3-5-7/h1-5H,6H2/q-1. The molecule has 0 saturated carbocycles. The summed E-state index contributed by atoms with van der Waals surface area (Å²) in [4.78, 5) is 21.0. The second-order valence-corrected chi connectivity index (χ2v) is 2.33. The Balaban J connectivity index is 2.54. The summed E-state index contributed by atoms with van der Waals surface area (Å²) >= 11 is 0. The van der Waals surface area contributed by atoms with E-state index in [0.29, 0.717) is 5.56 Å². The second-order valence-electron chi connectivity index (χ2n) is 2.33. The fraction of sp³-hybridized carbons (Fsp3) is 0.125. The molecule has 1 rings (SSSR count). The summed E-state index contributed by atoms with van der Waals surface area (Å²) < 4.78 is 0. The van der Waals surface area contributed by atoms with Gasteiger partial charge in [0.1, 0.15) is 5.78 Å². The normalized spacial score (nSPS) is 9.23. The molecule has 0 fully saturated rings. The Hall–Kier alpha value is -1.91. The zero-order valence-electron chi connectivity index (χ0n) is 6.71. The minimum Gasteiger partial charge on any atom is -0.371 e. The number of rotatable bonds is 4. The smallest absolute Gasteiger partial charge is 0.149 e. The Morgan fingerprint density at radius 1 is 1.38 bits per heavy atom. The lowest BCUT2D eigenvalue weighted by Crippen LogP contribution is -2.07. The molecule has 0 radical (unpaired) electrons. The van der Waals surface area contributed by atoms with E-state index >= 15 is 0 Å². The van der Waals surface area contributed by atoms with Gasteiger partial charge in [-0.25, -0.2) is 0 Å². The van der Waals surface area contributed by atoms with Crippen molar-refractivity contribution in [2.24, 2.45) is 0 Å². The topological polar surface area (TPSA) is 74.3 Å². The van der Waals surface area contributed by atoms with Gasteiger partial charge in [-0.1, -0.05) is 30.3 Å². The van der Waals surface area contributed by atoms with Crippen LogP contribution in [0.25, 0.3) is 5.43 Å². The third kappa shape index (κ3) is 2.90. The molecule has 5 nitrogen and oxygen atoms in total. The van der Waals surface area contributed by atoms with Gasteiger partial charge in [0.25, 0.3) is 0 Å². The molecule has 1 aromatic carbocycles. The highest BCUT2D eigenvalue weighted by Gasteiger charge is 1.99. The summed E-state index contributed by atoms with van der Waals surface area (Å²) in [6, 6.07) is 8.34. The van der Waals surface area contributed by atoms with Crippen molar-refractivity contribution in [2.45, 2.75) is 0 Å². The molecule has 0 aliphatic heterocycles. The van der Waals surface area contributed by atoms with E-state index < -0.39 is 11.6 Å². The van der Waals surface area contributed by atoms with E-state index in [9.17, 15) is 14.9 Å². The van der Waals surface area contributed by atoms with Gasteiger partial charge in [0.05, 0.1) is 0 Å². The van der Waals surface area contributed by atoms with Crippen LogP contribution >= 0.6 is 0 Å². The lowest BCUT2D eigenvalue weighted by Gasteiger charge is -2.06. The van der Waals surface area contributed by atoms with Gasteiger partial charge in [-0.05, 0) is 11.6 Å². The van der Waals surface area contributed by atoms with Crippen molar-refractivity contribution in [1.29, 1.82) is 0 Å². The van der Waals surface area contributed by atoms with Crippen LogP contribution in [0.3, 0.4) is 0 Å². The van der Waals surface area contributed by atoms with Crippen LogP contribution in [0.4, 0.5) is 0 Å². The molecule has 0 aliphatic carbocycles. The number of carbonyl (C=O) groups excluding carboxylic acids is 1. The predicted molar refractivity (Wildman–Crippen MR) is 46.0 cm³/mol. The maximum absolute atomic E-state index is 11.2. The Morgan fingerprint density at radius 2 is 2.00 bits per heavy atom. The molecule has 0 N–H and O–H groups in total. The lowest BCUT2D eigenvalue weighted by molar-refractivity contribution is -0.425. The number of nitro groups is 1. The summed E-state index contributed by atoms with van der Waals surface area (Å²) in [5.74, 6) is -0.350. The molecule has 13 heavy (non-hydrogen) atoms. The average molecular weight is 179 g/mol. The van der Waals surface area contributed by atoms with Gasteiger partial charge in [0, 0.05) is 5.56 Å².